The van der Waals surface area contributed by atoms with Crippen LogP contribution >= 0.6 is 11.3 Å². The summed E-state index contributed by atoms with van der Waals surface area (Å²) in [6.07, 6.45) is 3.17. The number of pyridine rings is 1. The molecule has 2 aromatic rings. The van der Waals surface area contributed by atoms with Crippen LogP contribution in [0.2, 0.25) is 0 Å². The zero-order valence-corrected chi connectivity index (χ0v) is 10.4. The molecule has 0 atom stereocenters. The molecule has 2 aromatic heterocycles. The molecule has 0 spiro atoms. The van der Waals surface area contributed by atoms with Crippen molar-refractivity contribution in [3.63, 3.8) is 0 Å². The molecule has 0 saturated carbocycles. The van der Waals surface area contributed by atoms with E-state index < -0.39 is 5.97 Å². The normalized spacial score (nSPS) is 9.83. The second-order valence-electron chi connectivity index (χ2n) is 3.35. The molecule has 0 fully saturated rings. The number of aromatic nitrogens is 1. The second-order valence-corrected chi connectivity index (χ2v) is 4.43. The van der Waals surface area contributed by atoms with Crippen molar-refractivity contribution in [2.75, 3.05) is 12.4 Å². The van der Waals surface area contributed by atoms with Crippen molar-refractivity contribution in [3.05, 3.63) is 46.4 Å². The maximum atomic E-state index is 11.9. The molecule has 6 heteroatoms. The minimum Gasteiger partial charge on any atom is -0.465 e. The van der Waals surface area contributed by atoms with E-state index in [2.05, 4.69) is 15.0 Å². The first-order chi connectivity index (χ1) is 8.70. The Morgan fingerprint density at radius 3 is 2.50 bits per heavy atom. The lowest BCUT2D eigenvalue weighted by Crippen LogP contribution is -2.09. The Labute approximate surface area is 107 Å². The summed E-state index contributed by atoms with van der Waals surface area (Å²) in [5, 5.41) is 2.71. The molecule has 92 valence electrons. The monoisotopic (exact) mass is 262 g/mol. The Hall–Kier alpha value is -2.21. The number of carbonyl (C=O) groups excluding carboxylic acids is 2. The fourth-order valence-corrected chi connectivity index (χ4v) is 2.12. The Kier molecular flexibility index (Phi) is 3.69. The van der Waals surface area contributed by atoms with E-state index >= 15 is 0 Å². The summed E-state index contributed by atoms with van der Waals surface area (Å²) < 4.78 is 4.58. The van der Waals surface area contributed by atoms with E-state index in [0.29, 0.717) is 15.4 Å². The first-order valence-electron chi connectivity index (χ1n) is 5.10. The molecule has 0 aromatic carbocycles. The summed E-state index contributed by atoms with van der Waals surface area (Å²) in [7, 11) is 1.30. The largest absolute Gasteiger partial charge is 0.465 e. The van der Waals surface area contributed by atoms with Gasteiger partial charge in [-0.15, -0.1) is 11.3 Å². The van der Waals surface area contributed by atoms with Gasteiger partial charge in [0.05, 0.1) is 12.0 Å². The zero-order valence-electron chi connectivity index (χ0n) is 9.54. The van der Waals surface area contributed by atoms with Crippen LogP contribution in [0.25, 0.3) is 0 Å². The van der Waals surface area contributed by atoms with Gasteiger partial charge in [-0.25, -0.2) is 4.79 Å². The lowest BCUT2D eigenvalue weighted by atomic mass is 10.3. The molecule has 0 radical (unpaired) electrons. The van der Waals surface area contributed by atoms with Crippen LogP contribution in [0.4, 0.5) is 5.69 Å². The maximum absolute atomic E-state index is 11.9. The van der Waals surface area contributed by atoms with E-state index in [1.54, 1.807) is 36.7 Å². The Morgan fingerprint density at radius 2 is 1.83 bits per heavy atom. The molecule has 0 aliphatic rings. The van der Waals surface area contributed by atoms with Gasteiger partial charge in [0.2, 0.25) is 0 Å². The van der Waals surface area contributed by atoms with E-state index in [0.717, 1.165) is 11.3 Å². The average Bonchev–Trinajstić information content (AvgIpc) is 2.88. The second kappa shape index (κ2) is 5.42. The van der Waals surface area contributed by atoms with Crippen LogP contribution in [0.3, 0.4) is 0 Å². The number of nitrogens with one attached hydrogen (secondary N) is 1. The van der Waals surface area contributed by atoms with Crippen molar-refractivity contribution >= 4 is 28.9 Å². The van der Waals surface area contributed by atoms with Gasteiger partial charge in [-0.05, 0) is 24.3 Å². The van der Waals surface area contributed by atoms with E-state index in [-0.39, 0.29) is 5.91 Å². The topological polar surface area (TPSA) is 68.3 Å². The quantitative estimate of drug-likeness (QED) is 0.861. The highest BCUT2D eigenvalue weighted by molar-refractivity contribution is 7.16. The van der Waals surface area contributed by atoms with Gasteiger partial charge in [-0.1, -0.05) is 0 Å². The van der Waals surface area contributed by atoms with Crippen molar-refractivity contribution in [2.45, 2.75) is 0 Å². The standard InChI is InChI=1S/C12H10N2O3S/c1-17-12(16)10-3-2-9(18-10)11(15)14-8-4-6-13-7-5-8/h2-7H,1H3,(H,13,14,15). The van der Waals surface area contributed by atoms with Gasteiger partial charge in [0.1, 0.15) is 4.88 Å². The van der Waals surface area contributed by atoms with Crippen molar-refractivity contribution in [1.82, 2.24) is 4.98 Å². The van der Waals surface area contributed by atoms with Gasteiger partial charge in [-0.2, -0.15) is 0 Å². The number of anilines is 1. The summed E-state index contributed by atoms with van der Waals surface area (Å²) in [5.74, 6) is -0.704. The van der Waals surface area contributed by atoms with E-state index in [4.69, 9.17) is 0 Å². The van der Waals surface area contributed by atoms with Crippen molar-refractivity contribution in [3.8, 4) is 0 Å². The first kappa shape index (κ1) is 12.3. The first-order valence-corrected chi connectivity index (χ1v) is 5.92. The van der Waals surface area contributed by atoms with Gasteiger partial charge < -0.3 is 10.1 Å². The molecule has 0 bridgehead atoms. The van der Waals surface area contributed by atoms with Crippen LogP contribution in [0.5, 0.6) is 0 Å². The zero-order chi connectivity index (χ0) is 13.0. The number of ether oxygens (including phenoxy) is 1. The number of hydrogen-bond donors (Lipinski definition) is 1. The molecule has 0 unspecified atom stereocenters. The third-order valence-corrected chi connectivity index (χ3v) is 3.22. The van der Waals surface area contributed by atoms with E-state index in [9.17, 15) is 9.59 Å². The molecular weight excluding hydrogens is 252 g/mol. The van der Waals surface area contributed by atoms with E-state index in [1.807, 2.05) is 0 Å². The van der Waals surface area contributed by atoms with Crippen LogP contribution in [0.1, 0.15) is 19.3 Å². The highest BCUT2D eigenvalue weighted by Gasteiger charge is 2.13. The van der Waals surface area contributed by atoms with Crippen molar-refractivity contribution < 1.29 is 14.3 Å². The van der Waals surface area contributed by atoms with Crippen LogP contribution in [-0.4, -0.2) is 24.0 Å². The molecule has 5 nitrogen and oxygen atoms in total. The molecule has 1 amide bonds. The Balaban J connectivity index is 2.10. The highest BCUT2D eigenvalue weighted by Crippen LogP contribution is 2.18. The minimum atomic E-state index is -0.442. The Morgan fingerprint density at radius 1 is 1.17 bits per heavy atom. The summed E-state index contributed by atoms with van der Waals surface area (Å²) in [6.45, 7) is 0. The predicted molar refractivity (Wildman–Crippen MR) is 67.8 cm³/mol. The number of hydrogen-bond acceptors (Lipinski definition) is 5. The van der Waals surface area contributed by atoms with Crippen LogP contribution in [0, 0.1) is 0 Å². The lowest BCUT2D eigenvalue weighted by Gasteiger charge is -2.01. The summed E-state index contributed by atoms with van der Waals surface area (Å²) in [4.78, 5) is 27.8. The predicted octanol–water partition coefficient (Wildman–Crippen LogP) is 2.18. The molecule has 2 heterocycles. The molecular formula is C12H10N2O3S. The number of methoxy groups -OCH3 is 1. The van der Waals surface area contributed by atoms with Crippen molar-refractivity contribution in [2.24, 2.45) is 0 Å². The summed E-state index contributed by atoms with van der Waals surface area (Å²) >= 11 is 1.09. The van der Waals surface area contributed by atoms with Crippen LogP contribution in [-0.2, 0) is 4.74 Å². The van der Waals surface area contributed by atoms with E-state index in [1.165, 1.54) is 7.11 Å². The third-order valence-electron chi connectivity index (χ3n) is 2.15. The number of thiophene rings is 1. The van der Waals surface area contributed by atoms with Gasteiger partial charge >= 0.3 is 5.97 Å². The molecule has 0 aliphatic heterocycles. The molecule has 0 saturated heterocycles. The van der Waals surface area contributed by atoms with Gasteiger partial charge in [-0.3, -0.25) is 9.78 Å². The van der Waals surface area contributed by atoms with Gasteiger partial charge in [0.25, 0.3) is 5.91 Å². The molecule has 18 heavy (non-hydrogen) atoms. The van der Waals surface area contributed by atoms with Crippen molar-refractivity contribution in [1.29, 1.82) is 0 Å². The number of rotatable bonds is 3. The maximum Gasteiger partial charge on any atom is 0.348 e. The number of amides is 1. The number of esters is 1. The van der Waals surface area contributed by atoms with Crippen LogP contribution < -0.4 is 5.32 Å². The summed E-state index contributed by atoms with van der Waals surface area (Å²) in [6, 6.07) is 6.53. The van der Waals surface area contributed by atoms with Gasteiger partial charge in [0, 0.05) is 18.1 Å². The third kappa shape index (κ3) is 2.72. The molecule has 0 aliphatic carbocycles. The SMILES string of the molecule is COC(=O)c1ccc(C(=O)Nc2ccncc2)s1. The molecule has 1 N–H and O–H groups in total. The number of nitrogens with zero attached hydrogens (tertiary/aromatic N) is 1. The number of carbonyl (C=O) groups is 2. The smallest absolute Gasteiger partial charge is 0.348 e. The fraction of sp³-hybridized carbons (Fsp3) is 0.0833. The van der Waals surface area contributed by atoms with Crippen LogP contribution in [0.15, 0.2) is 36.7 Å². The lowest BCUT2D eigenvalue weighted by molar-refractivity contribution is 0.0606. The highest BCUT2D eigenvalue weighted by atomic mass is 32.1. The Bertz CT molecular complexity index is 566. The summed E-state index contributed by atoms with van der Waals surface area (Å²) in [5.41, 5.74) is 0.656. The average molecular weight is 262 g/mol. The molecule has 2 rings (SSSR count). The minimum absolute atomic E-state index is 0.263. The fourth-order valence-electron chi connectivity index (χ4n) is 1.30. The van der Waals surface area contributed by atoms with Gasteiger partial charge in [0.15, 0.2) is 0 Å².